The van der Waals surface area contributed by atoms with E-state index in [1.165, 1.54) is 6.42 Å². The van der Waals surface area contributed by atoms with Crippen LogP contribution >= 0.6 is 0 Å². The summed E-state index contributed by atoms with van der Waals surface area (Å²) in [4.78, 5) is 38.1. The van der Waals surface area contributed by atoms with Gasteiger partial charge in [-0.05, 0) is 54.9 Å². The van der Waals surface area contributed by atoms with E-state index < -0.39 is 18.0 Å². The highest BCUT2D eigenvalue weighted by atomic mass is 16.5. The highest BCUT2D eigenvalue weighted by molar-refractivity contribution is 6.22. The van der Waals surface area contributed by atoms with E-state index in [2.05, 4.69) is 22.8 Å². The number of imide groups is 1. The number of nitrogens with one attached hydrogen (secondary N) is 2. The second-order valence-corrected chi connectivity index (χ2v) is 7.42. The number of ether oxygens (including phenoxy) is 1. The lowest BCUT2D eigenvalue weighted by atomic mass is 9.93. The van der Waals surface area contributed by atoms with Gasteiger partial charge in [-0.25, -0.2) is 9.69 Å². The number of hydrogen-bond acceptors (Lipinski definition) is 4. The van der Waals surface area contributed by atoms with Crippen LogP contribution in [0.2, 0.25) is 0 Å². The normalized spacial score (nSPS) is 28.6. The molecule has 0 spiro atoms. The molecule has 2 fully saturated rings. The summed E-state index contributed by atoms with van der Waals surface area (Å²) >= 11 is 0. The zero-order valence-electron chi connectivity index (χ0n) is 15.2. The molecule has 3 aliphatic rings. The van der Waals surface area contributed by atoms with Crippen LogP contribution < -0.4 is 20.3 Å². The van der Waals surface area contributed by atoms with Gasteiger partial charge in [-0.1, -0.05) is 12.2 Å². The minimum absolute atomic E-state index is 0.0477. The maximum absolute atomic E-state index is 12.6. The van der Waals surface area contributed by atoms with Crippen molar-refractivity contribution in [2.45, 2.75) is 25.3 Å². The zero-order valence-corrected chi connectivity index (χ0v) is 15.2. The van der Waals surface area contributed by atoms with E-state index in [1.54, 1.807) is 31.4 Å². The first-order chi connectivity index (χ1) is 13.0. The molecule has 2 bridgehead atoms. The first-order valence-corrected chi connectivity index (χ1v) is 9.28. The van der Waals surface area contributed by atoms with Gasteiger partial charge in [-0.15, -0.1) is 0 Å². The van der Waals surface area contributed by atoms with E-state index in [4.69, 9.17) is 4.74 Å². The molecular formula is C20H23N3O4. The number of allylic oxidation sites excluding steroid dienone is 2. The number of carbonyl (C=O) groups excluding carboxylic acids is 3. The summed E-state index contributed by atoms with van der Waals surface area (Å²) in [5.41, 5.74) is 0.454. The van der Waals surface area contributed by atoms with Crippen molar-refractivity contribution in [3.8, 4) is 5.75 Å². The number of methoxy groups -OCH3 is 1. The minimum Gasteiger partial charge on any atom is -0.497 e. The standard InChI is InChI=1S/C20H23N3O4/c1-27-16-6-4-15(5-7-16)23-19(25)17(22-20(23)26)10-18(24)21-11-14-9-12-2-3-13(14)8-12/h2-7,12-14,17H,8-11H2,1H3,(H,21,24)(H,22,26)/t12-,13-,14-,17-/m0/s1. The van der Waals surface area contributed by atoms with Crippen LogP contribution in [-0.2, 0) is 9.59 Å². The molecule has 1 saturated heterocycles. The van der Waals surface area contributed by atoms with E-state index in [9.17, 15) is 14.4 Å². The molecule has 0 radical (unpaired) electrons. The zero-order chi connectivity index (χ0) is 19.0. The SMILES string of the molecule is COc1ccc(N2C(=O)N[C@@H](CC(=O)NC[C@@H]3C[C@H]4C=C[C@H]3C4)C2=O)cc1. The smallest absolute Gasteiger partial charge is 0.329 e. The Morgan fingerprint density at radius 2 is 2.00 bits per heavy atom. The quantitative estimate of drug-likeness (QED) is 0.592. The summed E-state index contributed by atoms with van der Waals surface area (Å²) < 4.78 is 5.09. The lowest BCUT2D eigenvalue weighted by Gasteiger charge is -2.19. The number of fused-ring (bicyclic) bond motifs is 2. The predicted octanol–water partition coefficient (Wildman–Crippen LogP) is 1.84. The molecule has 4 atom stereocenters. The van der Waals surface area contributed by atoms with Crippen LogP contribution in [0.1, 0.15) is 19.3 Å². The third-order valence-electron chi connectivity index (χ3n) is 5.72. The van der Waals surface area contributed by atoms with Crippen LogP contribution in [0.25, 0.3) is 0 Å². The van der Waals surface area contributed by atoms with E-state index in [0.29, 0.717) is 35.7 Å². The van der Waals surface area contributed by atoms with Gasteiger partial charge in [0.2, 0.25) is 5.91 Å². The first-order valence-electron chi connectivity index (χ1n) is 9.28. The Kier molecular flexibility index (Phi) is 4.59. The Hall–Kier alpha value is -2.83. The summed E-state index contributed by atoms with van der Waals surface area (Å²) in [6.45, 7) is 0.626. The van der Waals surface area contributed by atoms with E-state index >= 15 is 0 Å². The molecule has 1 saturated carbocycles. The lowest BCUT2D eigenvalue weighted by Crippen LogP contribution is -2.38. The summed E-state index contributed by atoms with van der Waals surface area (Å²) in [6, 6.07) is 5.29. The molecule has 2 aliphatic carbocycles. The minimum atomic E-state index is -0.834. The Morgan fingerprint density at radius 1 is 1.22 bits per heavy atom. The molecule has 1 heterocycles. The van der Waals surface area contributed by atoms with Gasteiger partial charge in [0.05, 0.1) is 19.2 Å². The van der Waals surface area contributed by atoms with Crippen LogP contribution in [0.4, 0.5) is 10.5 Å². The molecule has 1 aromatic rings. The number of urea groups is 1. The van der Waals surface area contributed by atoms with Crippen LogP contribution in [0.15, 0.2) is 36.4 Å². The monoisotopic (exact) mass is 369 g/mol. The van der Waals surface area contributed by atoms with E-state index in [0.717, 1.165) is 11.3 Å². The van der Waals surface area contributed by atoms with Crippen LogP contribution in [0.5, 0.6) is 5.75 Å². The van der Waals surface area contributed by atoms with Crippen molar-refractivity contribution in [3.05, 3.63) is 36.4 Å². The number of benzene rings is 1. The molecule has 1 aliphatic heterocycles. The van der Waals surface area contributed by atoms with Crippen LogP contribution in [0.3, 0.4) is 0 Å². The second kappa shape index (κ2) is 7.06. The maximum atomic E-state index is 12.6. The molecule has 2 N–H and O–H groups in total. The predicted molar refractivity (Wildman–Crippen MR) is 99.3 cm³/mol. The number of amides is 4. The molecule has 0 aromatic heterocycles. The van der Waals surface area contributed by atoms with Gasteiger partial charge in [-0.2, -0.15) is 0 Å². The van der Waals surface area contributed by atoms with Crippen molar-refractivity contribution in [1.82, 2.24) is 10.6 Å². The van der Waals surface area contributed by atoms with Gasteiger partial charge in [0, 0.05) is 6.54 Å². The molecule has 27 heavy (non-hydrogen) atoms. The van der Waals surface area contributed by atoms with Crippen LogP contribution in [0, 0.1) is 17.8 Å². The maximum Gasteiger partial charge on any atom is 0.329 e. The number of hydrogen-bond donors (Lipinski definition) is 2. The van der Waals surface area contributed by atoms with Gasteiger partial charge in [0.15, 0.2) is 0 Å². The largest absolute Gasteiger partial charge is 0.497 e. The van der Waals surface area contributed by atoms with Crippen molar-refractivity contribution in [2.24, 2.45) is 17.8 Å². The lowest BCUT2D eigenvalue weighted by molar-refractivity contribution is -0.125. The fourth-order valence-electron chi connectivity index (χ4n) is 4.28. The second-order valence-electron chi connectivity index (χ2n) is 7.42. The van der Waals surface area contributed by atoms with Gasteiger partial charge in [0.25, 0.3) is 5.91 Å². The highest BCUT2D eigenvalue weighted by Gasteiger charge is 2.40. The molecule has 7 nitrogen and oxygen atoms in total. The summed E-state index contributed by atoms with van der Waals surface area (Å²) in [6.07, 6.45) is 6.77. The Balaban J connectivity index is 1.32. The summed E-state index contributed by atoms with van der Waals surface area (Å²) in [7, 11) is 1.55. The van der Waals surface area contributed by atoms with Gasteiger partial charge < -0.3 is 15.4 Å². The topological polar surface area (TPSA) is 87.7 Å². The van der Waals surface area contributed by atoms with Gasteiger partial charge in [0.1, 0.15) is 11.8 Å². The molecule has 4 amide bonds. The fraction of sp³-hybridized carbons (Fsp3) is 0.450. The Morgan fingerprint density at radius 3 is 2.63 bits per heavy atom. The van der Waals surface area contributed by atoms with Gasteiger partial charge in [-0.3, -0.25) is 9.59 Å². The summed E-state index contributed by atoms with van der Waals surface area (Å²) in [5.74, 6) is 1.71. The van der Waals surface area contributed by atoms with Gasteiger partial charge >= 0.3 is 6.03 Å². The highest BCUT2D eigenvalue weighted by Crippen LogP contribution is 2.42. The Bertz CT molecular complexity index is 789. The summed E-state index contributed by atoms with van der Waals surface area (Å²) in [5, 5.41) is 5.53. The Labute approximate surface area is 157 Å². The van der Waals surface area contributed by atoms with Crippen molar-refractivity contribution >= 4 is 23.5 Å². The number of nitrogens with zero attached hydrogens (tertiary/aromatic N) is 1. The molecular weight excluding hydrogens is 346 g/mol. The first kappa shape index (κ1) is 17.6. The molecule has 7 heteroatoms. The molecule has 4 rings (SSSR count). The third-order valence-corrected chi connectivity index (χ3v) is 5.72. The number of anilines is 1. The van der Waals surface area contributed by atoms with Crippen molar-refractivity contribution in [2.75, 3.05) is 18.6 Å². The van der Waals surface area contributed by atoms with E-state index in [-0.39, 0.29) is 12.3 Å². The average molecular weight is 369 g/mol. The molecule has 0 unspecified atom stereocenters. The number of rotatable bonds is 6. The van der Waals surface area contributed by atoms with E-state index in [1.807, 2.05) is 0 Å². The third kappa shape index (κ3) is 3.41. The molecule has 142 valence electrons. The van der Waals surface area contributed by atoms with Crippen molar-refractivity contribution in [3.63, 3.8) is 0 Å². The van der Waals surface area contributed by atoms with Crippen molar-refractivity contribution < 1.29 is 19.1 Å². The van der Waals surface area contributed by atoms with Crippen LogP contribution in [-0.4, -0.2) is 37.5 Å². The number of carbonyl (C=O) groups is 3. The average Bonchev–Trinajstić information content (AvgIpc) is 3.36. The van der Waals surface area contributed by atoms with Crippen molar-refractivity contribution in [1.29, 1.82) is 0 Å². The molecule has 1 aromatic carbocycles. The fourth-order valence-corrected chi connectivity index (χ4v) is 4.28.